The van der Waals surface area contributed by atoms with Crippen molar-refractivity contribution in [1.82, 2.24) is 19.6 Å². The zero-order valence-corrected chi connectivity index (χ0v) is 9.84. The second-order valence-electron chi connectivity index (χ2n) is 3.78. The summed E-state index contributed by atoms with van der Waals surface area (Å²) in [4.78, 5) is 9.33. The van der Waals surface area contributed by atoms with Crippen molar-refractivity contribution in [1.29, 1.82) is 0 Å². The number of fused-ring (bicyclic) bond motifs is 1. The van der Waals surface area contributed by atoms with E-state index in [1.165, 1.54) is 4.88 Å². The van der Waals surface area contributed by atoms with Crippen LogP contribution in [0.25, 0.3) is 5.52 Å². The summed E-state index contributed by atoms with van der Waals surface area (Å²) in [6, 6.07) is -0.0721. The molecular weight excluding hydrogens is 234 g/mol. The molecular formula is C11H11N5S. The molecule has 3 aromatic heterocycles. The predicted octanol–water partition coefficient (Wildman–Crippen LogP) is 1.43. The summed E-state index contributed by atoms with van der Waals surface area (Å²) in [5.41, 5.74) is 10.00. The van der Waals surface area contributed by atoms with Gasteiger partial charge in [-0.3, -0.25) is 9.97 Å². The number of hydrogen-bond donors (Lipinski definition) is 1. The van der Waals surface area contributed by atoms with Crippen molar-refractivity contribution in [2.24, 2.45) is 5.73 Å². The molecule has 3 rings (SSSR count). The van der Waals surface area contributed by atoms with Crippen molar-refractivity contribution in [2.75, 3.05) is 0 Å². The number of hydrogen-bond acceptors (Lipinski definition) is 5. The Morgan fingerprint density at radius 2 is 2.24 bits per heavy atom. The summed E-state index contributed by atoms with van der Waals surface area (Å²) in [7, 11) is 0. The van der Waals surface area contributed by atoms with Crippen LogP contribution in [0.2, 0.25) is 0 Å². The van der Waals surface area contributed by atoms with Gasteiger partial charge in [-0.1, -0.05) is 0 Å². The second kappa shape index (κ2) is 4.23. The largest absolute Gasteiger partial charge is 0.324 e. The Morgan fingerprint density at radius 3 is 3.06 bits per heavy atom. The highest BCUT2D eigenvalue weighted by atomic mass is 32.1. The van der Waals surface area contributed by atoms with Gasteiger partial charge in [-0.25, -0.2) is 4.52 Å². The summed E-state index contributed by atoms with van der Waals surface area (Å²) in [6.45, 7) is 0. The molecule has 0 spiro atoms. The molecule has 0 fully saturated rings. The van der Waals surface area contributed by atoms with E-state index in [0.29, 0.717) is 0 Å². The van der Waals surface area contributed by atoms with Crippen molar-refractivity contribution in [3.8, 4) is 0 Å². The molecule has 17 heavy (non-hydrogen) atoms. The minimum atomic E-state index is -0.0721. The van der Waals surface area contributed by atoms with E-state index in [1.54, 1.807) is 28.2 Å². The molecule has 0 aliphatic carbocycles. The van der Waals surface area contributed by atoms with E-state index < -0.39 is 0 Å². The molecule has 0 bridgehead atoms. The van der Waals surface area contributed by atoms with Gasteiger partial charge in [0, 0.05) is 41.5 Å². The molecule has 0 aromatic carbocycles. The van der Waals surface area contributed by atoms with E-state index >= 15 is 0 Å². The van der Waals surface area contributed by atoms with Crippen LogP contribution in [0.3, 0.4) is 0 Å². The monoisotopic (exact) mass is 245 g/mol. The molecule has 0 saturated heterocycles. The lowest BCUT2D eigenvalue weighted by Crippen LogP contribution is -2.12. The van der Waals surface area contributed by atoms with Crippen LogP contribution in [0.5, 0.6) is 0 Å². The summed E-state index contributed by atoms with van der Waals surface area (Å²) in [6.07, 6.45) is 9.75. The summed E-state index contributed by atoms with van der Waals surface area (Å²) in [5, 5.41) is 4.25. The lowest BCUT2D eigenvalue weighted by molar-refractivity contribution is 0.734. The van der Waals surface area contributed by atoms with Gasteiger partial charge >= 0.3 is 0 Å². The fraction of sp³-hybridized carbons (Fsp3) is 0.182. The molecule has 0 amide bonds. The zero-order chi connectivity index (χ0) is 11.7. The fourth-order valence-corrected chi connectivity index (χ4v) is 2.46. The van der Waals surface area contributed by atoms with E-state index in [-0.39, 0.29) is 6.04 Å². The van der Waals surface area contributed by atoms with Gasteiger partial charge in [-0.2, -0.15) is 5.10 Å². The average Bonchev–Trinajstić information content (AvgIpc) is 2.96. The van der Waals surface area contributed by atoms with Crippen molar-refractivity contribution in [2.45, 2.75) is 12.5 Å². The third-order valence-corrected chi connectivity index (χ3v) is 3.46. The third kappa shape index (κ3) is 1.92. The molecule has 0 aliphatic heterocycles. The van der Waals surface area contributed by atoms with Crippen molar-refractivity contribution >= 4 is 16.9 Å². The first-order valence-corrected chi connectivity index (χ1v) is 6.13. The lowest BCUT2D eigenvalue weighted by Gasteiger charge is -2.07. The Bertz CT molecular complexity index is 616. The topological polar surface area (TPSA) is 69.1 Å². The zero-order valence-electron chi connectivity index (χ0n) is 9.02. The van der Waals surface area contributed by atoms with Crippen molar-refractivity contribution < 1.29 is 0 Å². The first-order valence-electron chi connectivity index (χ1n) is 5.25. The molecule has 6 heteroatoms. The van der Waals surface area contributed by atoms with Gasteiger partial charge in [-0.15, -0.1) is 11.3 Å². The van der Waals surface area contributed by atoms with Crippen molar-refractivity contribution in [3.63, 3.8) is 0 Å². The number of aromatic nitrogens is 4. The van der Waals surface area contributed by atoms with Crippen LogP contribution in [0.1, 0.15) is 16.5 Å². The molecule has 1 atom stereocenters. The number of rotatable bonds is 3. The van der Waals surface area contributed by atoms with Gasteiger partial charge in [0.1, 0.15) is 0 Å². The Labute approximate surface area is 102 Å². The van der Waals surface area contributed by atoms with Crippen LogP contribution in [-0.2, 0) is 6.42 Å². The quantitative estimate of drug-likeness (QED) is 0.758. The normalized spacial score (nSPS) is 13.0. The van der Waals surface area contributed by atoms with E-state index in [0.717, 1.165) is 17.5 Å². The van der Waals surface area contributed by atoms with Crippen LogP contribution in [0.15, 0.2) is 36.5 Å². The fourth-order valence-electron chi connectivity index (χ4n) is 1.81. The van der Waals surface area contributed by atoms with Crippen LogP contribution in [0, 0.1) is 0 Å². The predicted molar refractivity (Wildman–Crippen MR) is 65.7 cm³/mol. The van der Waals surface area contributed by atoms with Crippen LogP contribution >= 0.6 is 11.3 Å². The molecule has 0 saturated carbocycles. The minimum absolute atomic E-state index is 0.0721. The van der Waals surface area contributed by atoms with Gasteiger partial charge < -0.3 is 5.73 Å². The van der Waals surface area contributed by atoms with Crippen molar-refractivity contribution in [3.05, 3.63) is 46.9 Å². The standard InChI is InChI=1S/C11H11N5S/c12-10(3-8-4-14-7-17-8)9-5-15-16-2-1-13-6-11(9)16/h1-2,4-7,10H,3,12H2. The number of nitrogens with two attached hydrogens (primary N) is 1. The second-order valence-corrected chi connectivity index (χ2v) is 4.76. The van der Waals surface area contributed by atoms with E-state index in [1.807, 2.05) is 24.1 Å². The number of thiazole rings is 1. The Balaban J connectivity index is 1.93. The highest BCUT2D eigenvalue weighted by molar-refractivity contribution is 7.09. The maximum absolute atomic E-state index is 6.19. The SMILES string of the molecule is NC(Cc1cncs1)c1cnn2ccncc12. The molecule has 3 aromatic rings. The van der Waals surface area contributed by atoms with Crippen LogP contribution in [0.4, 0.5) is 0 Å². The van der Waals surface area contributed by atoms with E-state index in [2.05, 4.69) is 15.1 Å². The maximum Gasteiger partial charge on any atom is 0.0892 e. The molecule has 5 nitrogen and oxygen atoms in total. The average molecular weight is 245 g/mol. The van der Waals surface area contributed by atoms with Crippen LogP contribution in [-0.4, -0.2) is 19.6 Å². The molecule has 0 aliphatic rings. The smallest absolute Gasteiger partial charge is 0.0892 e. The molecule has 0 radical (unpaired) electrons. The summed E-state index contributed by atoms with van der Waals surface area (Å²) >= 11 is 1.62. The molecule has 2 N–H and O–H groups in total. The van der Waals surface area contributed by atoms with Gasteiger partial charge in [0.05, 0.1) is 23.4 Å². The summed E-state index contributed by atoms with van der Waals surface area (Å²) in [5.74, 6) is 0. The van der Waals surface area contributed by atoms with Gasteiger partial charge in [0.15, 0.2) is 0 Å². The van der Waals surface area contributed by atoms with E-state index in [4.69, 9.17) is 5.73 Å². The number of nitrogens with zero attached hydrogens (tertiary/aromatic N) is 4. The van der Waals surface area contributed by atoms with Gasteiger partial charge in [-0.05, 0) is 0 Å². The third-order valence-electron chi connectivity index (χ3n) is 2.66. The first kappa shape index (κ1) is 10.4. The highest BCUT2D eigenvalue weighted by Crippen LogP contribution is 2.21. The Hall–Kier alpha value is -1.79. The summed E-state index contributed by atoms with van der Waals surface area (Å²) < 4.78 is 1.79. The molecule has 1 unspecified atom stereocenters. The Kier molecular flexibility index (Phi) is 2.58. The molecule has 86 valence electrons. The van der Waals surface area contributed by atoms with Crippen LogP contribution < -0.4 is 5.73 Å². The lowest BCUT2D eigenvalue weighted by atomic mass is 10.1. The van der Waals surface area contributed by atoms with Gasteiger partial charge in [0.25, 0.3) is 0 Å². The minimum Gasteiger partial charge on any atom is -0.324 e. The van der Waals surface area contributed by atoms with E-state index in [9.17, 15) is 0 Å². The molecule has 3 heterocycles. The Morgan fingerprint density at radius 1 is 1.29 bits per heavy atom. The first-order chi connectivity index (χ1) is 8.34. The van der Waals surface area contributed by atoms with Gasteiger partial charge in [0.2, 0.25) is 0 Å². The maximum atomic E-state index is 6.19. The highest BCUT2D eigenvalue weighted by Gasteiger charge is 2.13.